The summed E-state index contributed by atoms with van der Waals surface area (Å²) in [6, 6.07) is 8.80. The maximum absolute atomic E-state index is 12.8. The summed E-state index contributed by atoms with van der Waals surface area (Å²) < 4.78 is 35.4. The van der Waals surface area contributed by atoms with Crippen molar-refractivity contribution in [1.82, 2.24) is 15.0 Å². The number of para-hydroxylation sites is 1. The maximum Gasteiger partial charge on any atom is 0.388 e. The van der Waals surface area contributed by atoms with Crippen LogP contribution in [0.15, 0.2) is 48.9 Å². The molecule has 3 rings (SSSR count). The number of anilines is 1. The molecule has 0 spiro atoms. The van der Waals surface area contributed by atoms with Gasteiger partial charge in [0.15, 0.2) is 0 Å². The quantitative estimate of drug-likeness (QED) is 0.728. The van der Waals surface area contributed by atoms with Crippen molar-refractivity contribution in [2.24, 2.45) is 0 Å². The number of hydrogen-bond donors (Lipinski definition) is 1. The van der Waals surface area contributed by atoms with Crippen LogP contribution in [-0.2, 0) is 6.42 Å². The highest BCUT2D eigenvalue weighted by Crippen LogP contribution is 2.36. The number of nitrogen functional groups attached to an aromatic ring is 1. The topological polar surface area (TPSA) is 83.2 Å². The lowest BCUT2D eigenvalue weighted by molar-refractivity contribution is -0.0524. The molecule has 2 heterocycles. The van der Waals surface area contributed by atoms with Crippen molar-refractivity contribution in [2.75, 3.05) is 12.8 Å². The van der Waals surface area contributed by atoms with Crippen LogP contribution in [-0.4, -0.2) is 28.7 Å². The van der Waals surface area contributed by atoms with Gasteiger partial charge in [-0.1, -0.05) is 18.2 Å². The second kappa shape index (κ2) is 7.73. The zero-order chi connectivity index (χ0) is 18.5. The van der Waals surface area contributed by atoms with E-state index in [1.54, 1.807) is 42.7 Å². The van der Waals surface area contributed by atoms with Crippen LogP contribution < -0.4 is 15.2 Å². The first kappa shape index (κ1) is 17.5. The third-order valence-electron chi connectivity index (χ3n) is 3.64. The van der Waals surface area contributed by atoms with Gasteiger partial charge in [-0.25, -0.2) is 15.0 Å². The van der Waals surface area contributed by atoms with Crippen LogP contribution in [0.3, 0.4) is 0 Å². The molecular weight excluding hydrogens is 342 g/mol. The maximum atomic E-state index is 12.8. The Kier molecular flexibility index (Phi) is 5.21. The zero-order valence-electron chi connectivity index (χ0n) is 13.9. The van der Waals surface area contributed by atoms with Crippen molar-refractivity contribution < 1.29 is 18.3 Å². The van der Waals surface area contributed by atoms with Gasteiger partial charge in [-0.05, 0) is 23.3 Å². The first-order valence-corrected chi connectivity index (χ1v) is 7.70. The molecule has 0 aliphatic carbocycles. The highest BCUT2D eigenvalue weighted by molar-refractivity contribution is 5.75. The fourth-order valence-corrected chi connectivity index (χ4v) is 2.52. The summed E-state index contributed by atoms with van der Waals surface area (Å²) >= 11 is 0. The lowest BCUT2D eigenvalue weighted by Gasteiger charge is -2.14. The van der Waals surface area contributed by atoms with Gasteiger partial charge in [-0.15, -0.1) is 0 Å². The van der Waals surface area contributed by atoms with Crippen LogP contribution >= 0.6 is 0 Å². The second-order valence-electron chi connectivity index (χ2n) is 5.40. The van der Waals surface area contributed by atoms with Crippen LogP contribution in [0, 0.1) is 0 Å². The van der Waals surface area contributed by atoms with E-state index in [4.69, 9.17) is 10.5 Å². The number of aromatic nitrogens is 3. The van der Waals surface area contributed by atoms with Crippen molar-refractivity contribution in [3.8, 4) is 22.8 Å². The van der Waals surface area contributed by atoms with E-state index in [9.17, 15) is 8.78 Å². The molecule has 0 saturated carbocycles. The van der Waals surface area contributed by atoms with E-state index in [1.165, 1.54) is 13.3 Å². The molecule has 0 fully saturated rings. The van der Waals surface area contributed by atoms with Crippen molar-refractivity contribution >= 4 is 5.95 Å². The summed E-state index contributed by atoms with van der Waals surface area (Å²) in [6.45, 7) is -2.98. The van der Waals surface area contributed by atoms with Crippen LogP contribution in [0.5, 0.6) is 11.6 Å². The Morgan fingerprint density at radius 1 is 1.00 bits per heavy atom. The molecule has 0 saturated heterocycles. The molecule has 0 radical (unpaired) electrons. The Balaban J connectivity index is 2.02. The summed E-state index contributed by atoms with van der Waals surface area (Å²) in [5.41, 5.74) is 8.09. The van der Waals surface area contributed by atoms with Gasteiger partial charge in [0.2, 0.25) is 11.8 Å². The molecule has 2 aromatic heterocycles. The van der Waals surface area contributed by atoms with E-state index in [1.807, 2.05) is 0 Å². The third-order valence-corrected chi connectivity index (χ3v) is 3.64. The van der Waals surface area contributed by atoms with E-state index < -0.39 is 6.61 Å². The Hall–Kier alpha value is -3.29. The Bertz CT molecular complexity index is 889. The van der Waals surface area contributed by atoms with Crippen molar-refractivity contribution in [3.63, 3.8) is 0 Å². The minimum atomic E-state index is -2.98. The molecule has 8 heteroatoms. The number of benzene rings is 1. The molecule has 6 nitrogen and oxygen atoms in total. The van der Waals surface area contributed by atoms with Gasteiger partial charge in [0.1, 0.15) is 5.75 Å². The number of nitrogens with two attached hydrogens (primary N) is 1. The zero-order valence-corrected chi connectivity index (χ0v) is 13.9. The Morgan fingerprint density at radius 2 is 1.69 bits per heavy atom. The van der Waals surface area contributed by atoms with E-state index in [2.05, 4.69) is 19.7 Å². The van der Waals surface area contributed by atoms with Gasteiger partial charge in [0.25, 0.3) is 0 Å². The average molecular weight is 358 g/mol. The fourth-order valence-electron chi connectivity index (χ4n) is 2.52. The predicted octanol–water partition coefficient (Wildman–Crippen LogP) is 3.32. The summed E-state index contributed by atoms with van der Waals surface area (Å²) in [5.74, 6) is 0.547. The number of pyridine rings is 1. The number of methoxy groups -OCH3 is 1. The molecular formula is C18H16F2N4O2. The fraction of sp³-hybridized carbons (Fsp3) is 0.167. The summed E-state index contributed by atoms with van der Waals surface area (Å²) in [7, 11) is 1.51. The number of halogens is 2. The monoisotopic (exact) mass is 358 g/mol. The number of ether oxygens (including phenoxy) is 2. The van der Waals surface area contributed by atoms with Crippen molar-refractivity contribution in [3.05, 3.63) is 60.0 Å². The molecule has 0 atom stereocenters. The Morgan fingerprint density at radius 3 is 2.38 bits per heavy atom. The normalized spacial score (nSPS) is 10.8. The summed E-state index contributed by atoms with van der Waals surface area (Å²) in [5, 5.41) is 0. The molecule has 3 aromatic rings. The van der Waals surface area contributed by atoms with Gasteiger partial charge in [0, 0.05) is 36.1 Å². The lowest BCUT2D eigenvalue weighted by Crippen LogP contribution is -2.06. The number of alkyl halides is 2. The summed E-state index contributed by atoms with van der Waals surface area (Å²) in [4.78, 5) is 11.9. The standard InChI is InChI=1S/C18H16F2N4O2/c1-25-15-5-3-2-4-13(15)14-7-11(8-22-16(14)26-17(19)20)6-12-9-23-18(21)24-10-12/h2-5,7-10,17H,6H2,1H3,(H2,21,23,24). The average Bonchev–Trinajstić information content (AvgIpc) is 2.64. The molecule has 2 N–H and O–H groups in total. The summed E-state index contributed by atoms with van der Waals surface area (Å²) in [6.07, 6.45) is 5.15. The van der Waals surface area contributed by atoms with Gasteiger partial charge in [-0.2, -0.15) is 8.78 Å². The van der Waals surface area contributed by atoms with Gasteiger partial charge in [0.05, 0.1) is 7.11 Å². The molecule has 26 heavy (non-hydrogen) atoms. The first-order chi connectivity index (χ1) is 12.6. The van der Waals surface area contributed by atoms with Crippen LogP contribution in [0.25, 0.3) is 11.1 Å². The highest BCUT2D eigenvalue weighted by atomic mass is 19.3. The molecule has 0 bridgehead atoms. The highest BCUT2D eigenvalue weighted by Gasteiger charge is 2.17. The van der Waals surface area contributed by atoms with Crippen LogP contribution in [0.2, 0.25) is 0 Å². The molecule has 0 aliphatic heterocycles. The van der Waals surface area contributed by atoms with Crippen LogP contribution in [0.1, 0.15) is 11.1 Å². The van der Waals surface area contributed by atoms with Crippen molar-refractivity contribution in [1.29, 1.82) is 0 Å². The number of rotatable bonds is 6. The molecule has 0 unspecified atom stereocenters. The minimum absolute atomic E-state index is 0.165. The third kappa shape index (κ3) is 4.02. The molecule has 0 amide bonds. The smallest absolute Gasteiger partial charge is 0.388 e. The van der Waals surface area contributed by atoms with E-state index in [0.717, 1.165) is 11.1 Å². The second-order valence-corrected chi connectivity index (χ2v) is 5.40. The molecule has 0 aliphatic rings. The van der Waals surface area contributed by atoms with Gasteiger partial charge in [-0.3, -0.25) is 0 Å². The Labute approximate surface area is 148 Å². The predicted molar refractivity (Wildman–Crippen MR) is 92.1 cm³/mol. The number of hydrogen-bond acceptors (Lipinski definition) is 6. The van der Waals surface area contributed by atoms with Gasteiger partial charge < -0.3 is 15.2 Å². The SMILES string of the molecule is COc1ccccc1-c1cc(Cc2cnc(N)nc2)cnc1OC(F)F. The minimum Gasteiger partial charge on any atom is -0.496 e. The lowest BCUT2D eigenvalue weighted by atomic mass is 10.0. The molecule has 1 aromatic carbocycles. The molecule has 134 valence electrons. The van der Waals surface area contributed by atoms with Crippen LogP contribution in [0.4, 0.5) is 14.7 Å². The van der Waals surface area contributed by atoms with E-state index >= 15 is 0 Å². The largest absolute Gasteiger partial charge is 0.496 e. The van der Waals surface area contributed by atoms with E-state index in [-0.39, 0.29) is 11.8 Å². The van der Waals surface area contributed by atoms with E-state index in [0.29, 0.717) is 23.3 Å². The number of nitrogens with zero attached hydrogens (tertiary/aromatic N) is 3. The van der Waals surface area contributed by atoms with Gasteiger partial charge >= 0.3 is 6.61 Å². The first-order valence-electron chi connectivity index (χ1n) is 7.70. The van der Waals surface area contributed by atoms with Crippen molar-refractivity contribution in [2.45, 2.75) is 13.0 Å².